The Kier molecular flexibility index (Phi) is 6.45. The predicted molar refractivity (Wildman–Crippen MR) is 130 cm³/mol. The molecular formula is C27H29N3O3. The Morgan fingerprint density at radius 2 is 1.67 bits per heavy atom. The van der Waals surface area contributed by atoms with E-state index < -0.39 is 0 Å². The summed E-state index contributed by atoms with van der Waals surface area (Å²) in [7, 11) is 0. The molecule has 1 saturated heterocycles. The molecule has 0 bridgehead atoms. The van der Waals surface area contributed by atoms with Gasteiger partial charge in [-0.15, -0.1) is 0 Å². The molecule has 1 fully saturated rings. The highest BCUT2D eigenvalue weighted by molar-refractivity contribution is 6.08. The Bertz CT molecular complexity index is 1180. The van der Waals surface area contributed by atoms with Gasteiger partial charge in [-0.2, -0.15) is 0 Å². The maximum atomic E-state index is 13.5. The molecule has 0 N–H and O–H groups in total. The van der Waals surface area contributed by atoms with Crippen molar-refractivity contribution in [2.75, 3.05) is 31.2 Å². The molecule has 0 unspecified atom stereocenters. The van der Waals surface area contributed by atoms with Crippen molar-refractivity contribution in [1.29, 1.82) is 0 Å². The lowest BCUT2D eigenvalue weighted by molar-refractivity contribution is -0.132. The van der Waals surface area contributed by atoms with E-state index in [0.29, 0.717) is 12.1 Å². The van der Waals surface area contributed by atoms with Crippen LogP contribution in [-0.2, 0) is 9.59 Å². The second kappa shape index (κ2) is 9.45. The van der Waals surface area contributed by atoms with Gasteiger partial charge >= 0.3 is 0 Å². The number of carbonyl (C=O) groups excluding carboxylic acids is 3. The van der Waals surface area contributed by atoms with E-state index in [2.05, 4.69) is 0 Å². The van der Waals surface area contributed by atoms with Gasteiger partial charge in [-0.3, -0.25) is 19.3 Å². The van der Waals surface area contributed by atoms with Gasteiger partial charge < -0.3 is 9.80 Å². The number of hydrogen-bond acceptors (Lipinski definition) is 3. The van der Waals surface area contributed by atoms with E-state index in [4.69, 9.17) is 0 Å². The number of amides is 3. The monoisotopic (exact) mass is 443 g/mol. The van der Waals surface area contributed by atoms with E-state index in [9.17, 15) is 14.4 Å². The van der Waals surface area contributed by atoms with E-state index in [1.165, 1.54) is 4.90 Å². The average Bonchev–Trinajstić information content (AvgIpc) is 3.19. The van der Waals surface area contributed by atoms with Crippen LogP contribution in [-0.4, -0.2) is 53.8 Å². The molecule has 3 aromatic rings. The second-order valence-electron chi connectivity index (χ2n) is 9.00. The van der Waals surface area contributed by atoms with Crippen LogP contribution in [0.2, 0.25) is 0 Å². The quantitative estimate of drug-likeness (QED) is 0.577. The lowest BCUT2D eigenvalue weighted by atomic mass is 10.0. The zero-order chi connectivity index (χ0) is 23.5. The minimum atomic E-state index is -0.229. The van der Waals surface area contributed by atoms with Gasteiger partial charge in [-0.05, 0) is 41.8 Å². The highest BCUT2D eigenvalue weighted by atomic mass is 16.2. The molecule has 170 valence electrons. The van der Waals surface area contributed by atoms with E-state index in [0.717, 1.165) is 22.0 Å². The van der Waals surface area contributed by atoms with Gasteiger partial charge in [-0.25, -0.2) is 0 Å². The van der Waals surface area contributed by atoms with Crippen LogP contribution in [0.15, 0.2) is 66.7 Å². The Hall–Kier alpha value is -3.67. The normalized spacial score (nSPS) is 13.8. The van der Waals surface area contributed by atoms with Crippen LogP contribution in [0.3, 0.4) is 0 Å². The summed E-state index contributed by atoms with van der Waals surface area (Å²) in [6.07, 6.45) is 0. The lowest BCUT2D eigenvalue weighted by Gasteiger charge is -2.27. The molecule has 3 amide bonds. The van der Waals surface area contributed by atoms with Crippen LogP contribution in [0.25, 0.3) is 10.8 Å². The molecule has 4 rings (SSSR count). The van der Waals surface area contributed by atoms with E-state index in [-0.39, 0.29) is 43.4 Å². The van der Waals surface area contributed by atoms with Crippen molar-refractivity contribution < 1.29 is 14.4 Å². The number of anilines is 1. The van der Waals surface area contributed by atoms with Gasteiger partial charge in [0.1, 0.15) is 19.8 Å². The maximum Gasteiger partial charge on any atom is 0.254 e. The topological polar surface area (TPSA) is 60.9 Å². The Labute approximate surface area is 194 Å². The number of nitrogens with zero attached hydrogens (tertiary/aromatic N) is 3. The summed E-state index contributed by atoms with van der Waals surface area (Å²) in [5, 5.41) is 1.85. The zero-order valence-corrected chi connectivity index (χ0v) is 19.3. The Morgan fingerprint density at radius 3 is 2.39 bits per heavy atom. The fraction of sp³-hybridized carbons (Fsp3) is 0.296. The fourth-order valence-corrected chi connectivity index (χ4v) is 4.17. The molecule has 0 radical (unpaired) electrons. The van der Waals surface area contributed by atoms with Crippen LogP contribution >= 0.6 is 0 Å². The number of hydrogen-bond donors (Lipinski definition) is 0. The van der Waals surface area contributed by atoms with Crippen LogP contribution in [0.1, 0.15) is 29.8 Å². The number of benzene rings is 3. The SMILES string of the molecule is Cc1ccc(N2CN(C(=O)CN(CC(C)C)C(=O)c3cccc4ccccc34)CC2=O)cc1. The molecule has 3 aromatic carbocycles. The van der Waals surface area contributed by atoms with Crippen molar-refractivity contribution in [2.24, 2.45) is 5.92 Å². The summed E-state index contributed by atoms with van der Waals surface area (Å²) >= 11 is 0. The molecule has 0 aromatic heterocycles. The first-order valence-electron chi connectivity index (χ1n) is 11.3. The number of fused-ring (bicyclic) bond motifs is 1. The third kappa shape index (κ3) is 4.90. The van der Waals surface area contributed by atoms with Crippen molar-refractivity contribution >= 4 is 34.2 Å². The van der Waals surface area contributed by atoms with Gasteiger partial charge in [0, 0.05) is 17.8 Å². The van der Waals surface area contributed by atoms with Crippen molar-refractivity contribution in [2.45, 2.75) is 20.8 Å². The minimum absolute atomic E-state index is 0.0185. The van der Waals surface area contributed by atoms with Crippen molar-refractivity contribution in [3.8, 4) is 0 Å². The van der Waals surface area contributed by atoms with Gasteiger partial charge in [0.15, 0.2) is 0 Å². The van der Waals surface area contributed by atoms with E-state index in [1.807, 2.05) is 81.4 Å². The molecule has 0 spiro atoms. The maximum absolute atomic E-state index is 13.5. The Morgan fingerprint density at radius 1 is 0.970 bits per heavy atom. The second-order valence-corrected chi connectivity index (χ2v) is 9.00. The third-order valence-electron chi connectivity index (χ3n) is 5.86. The molecule has 1 heterocycles. The van der Waals surface area contributed by atoms with Crippen molar-refractivity contribution in [3.63, 3.8) is 0 Å². The molecule has 6 heteroatoms. The fourth-order valence-electron chi connectivity index (χ4n) is 4.17. The van der Waals surface area contributed by atoms with E-state index >= 15 is 0 Å². The van der Waals surface area contributed by atoms with Crippen LogP contribution in [0.4, 0.5) is 5.69 Å². The van der Waals surface area contributed by atoms with Gasteiger partial charge in [0.25, 0.3) is 5.91 Å². The van der Waals surface area contributed by atoms with Crippen LogP contribution in [0, 0.1) is 12.8 Å². The molecule has 0 aliphatic carbocycles. The van der Waals surface area contributed by atoms with Gasteiger partial charge in [-0.1, -0.05) is 67.9 Å². The highest BCUT2D eigenvalue weighted by Gasteiger charge is 2.33. The Balaban J connectivity index is 1.53. The summed E-state index contributed by atoms with van der Waals surface area (Å²) in [6.45, 7) is 6.64. The summed E-state index contributed by atoms with van der Waals surface area (Å²) in [5.41, 5.74) is 2.46. The third-order valence-corrected chi connectivity index (χ3v) is 5.86. The molecule has 1 aliphatic rings. The molecular weight excluding hydrogens is 414 g/mol. The van der Waals surface area contributed by atoms with E-state index in [1.54, 1.807) is 15.9 Å². The summed E-state index contributed by atoms with van der Waals surface area (Å²) in [4.78, 5) is 44.0. The molecule has 0 saturated carbocycles. The van der Waals surface area contributed by atoms with Gasteiger partial charge in [0.05, 0.1) is 0 Å². The lowest BCUT2D eigenvalue weighted by Crippen LogP contribution is -2.44. The first-order chi connectivity index (χ1) is 15.8. The van der Waals surface area contributed by atoms with Crippen molar-refractivity contribution in [1.82, 2.24) is 9.80 Å². The minimum Gasteiger partial charge on any atom is -0.329 e. The predicted octanol–water partition coefficient (Wildman–Crippen LogP) is 4.08. The summed E-state index contributed by atoms with van der Waals surface area (Å²) in [6, 6.07) is 21.1. The number of rotatable bonds is 6. The summed E-state index contributed by atoms with van der Waals surface area (Å²) in [5.74, 6) is -0.328. The first-order valence-corrected chi connectivity index (χ1v) is 11.3. The number of carbonyl (C=O) groups is 3. The average molecular weight is 444 g/mol. The first kappa shape index (κ1) is 22.5. The van der Waals surface area contributed by atoms with Crippen LogP contribution in [0.5, 0.6) is 0 Å². The number of aryl methyl sites for hydroxylation is 1. The van der Waals surface area contributed by atoms with Crippen molar-refractivity contribution in [3.05, 3.63) is 77.9 Å². The standard InChI is InChI=1S/C27H29N3O3/c1-19(2)15-28(27(33)24-10-6-8-21-7-4-5-9-23(21)24)16-25(31)29-17-26(32)30(18-29)22-13-11-20(3)12-14-22/h4-14,19H,15-18H2,1-3H3. The van der Waals surface area contributed by atoms with Gasteiger partial charge in [0.2, 0.25) is 11.8 Å². The molecule has 0 atom stereocenters. The molecule has 6 nitrogen and oxygen atoms in total. The zero-order valence-electron chi connectivity index (χ0n) is 19.3. The van der Waals surface area contributed by atoms with Crippen LogP contribution < -0.4 is 4.90 Å². The summed E-state index contributed by atoms with van der Waals surface area (Å²) < 4.78 is 0. The molecule has 1 aliphatic heterocycles. The highest BCUT2D eigenvalue weighted by Crippen LogP contribution is 2.22. The largest absolute Gasteiger partial charge is 0.329 e. The smallest absolute Gasteiger partial charge is 0.254 e. The molecule has 33 heavy (non-hydrogen) atoms.